The van der Waals surface area contributed by atoms with E-state index in [9.17, 15) is 4.39 Å². The number of hydrogen-bond acceptors (Lipinski definition) is 1. The summed E-state index contributed by atoms with van der Waals surface area (Å²) in [5, 5.41) is 0.651. The van der Waals surface area contributed by atoms with E-state index in [-0.39, 0.29) is 18.2 Å². The van der Waals surface area contributed by atoms with Crippen LogP contribution < -0.4 is 0 Å². The second kappa shape index (κ2) is 4.63. The van der Waals surface area contributed by atoms with Crippen molar-refractivity contribution in [1.82, 2.24) is 4.98 Å². The van der Waals surface area contributed by atoms with Crippen molar-refractivity contribution >= 4 is 28.3 Å². The lowest BCUT2D eigenvalue weighted by Gasteiger charge is -1.90. The quantitative estimate of drug-likeness (QED) is 0.671. The molecule has 0 atom stereocenters. The molecule has 0 aliphatic heterocycles. The SMILES string of the molecule is Cl.Fc1cncc(CBr)c1. The molecule has 0 aliphatic carbocycles. The summed E-state index contributed by atoms with van der Waals surface area (Å²) in [5.74, 6) is -0.285. The maximum Gasteiger partial charge on any atom is 0.141 e. The van der Waals surface area contributed by atoms with Gasteiger partial charge in [-0.3, -0.25) is 4.98 Å². The van der Waals surface area contributed by atoms with Gasteiger partial charge in [-0.25, -0.2) is 4.39 Å². The standard InChI is InChI=1S/C6H5BrFN.ClH/c7-2-5-1-6(8)4-9-3-5;/h1,3-4H,2H2;1H. The molecule has 56 valence electrons. The zero-order valence-electron chi connectivity index (χ0n) is 5.05. The van der Waals surface area contributed by atoms with Gasteiger partial charge in [-0.15, -0.1) is 12.4 Å². The van der Waals surface area contributed by atoms with Crippen LogP contribution in [0.4, 0.5) is 4.39 Å². The highest BCUT2D eigenvalue weighted by Gasteiger charge is 1.91. The molecule has 1 heterocycles. The predicted octanol–water partition coefficient (Wildman–Crippen LogP) is 2.54. The second-order valence-electron chi connectivity index (χ2n) is 1.65. The molecule has 0 unspecified atom stereocenters. The first kappa shape index (κ1) is 9.85. The second-order valence-corrected chi connectivity index (χ2v) is 2.21. The van der Waals surface area contributed by atoms with Gasteiger partial charge >= 0.3 is 0 Å². The number of alkyl halides is 1. The zero-order valence-corrected chi connectivity index (χ0v) is 7.45. The van der Waals surface area contributed by atoms with Crippen LogP contribution in [-0.2, 0) is 5.33 Å². The zero-order chi connectivity index (χ0) is 6.69. The Bertz CT molecular complexity index is 207. The van der Waals surface area contributed by atoms with E-state index >= 15 is 0 Å². The lowest BCUT2D eigenvalue weighted by molar-refractivity contribution is 0.620. The van der Waals surface area contributed by atoms with Crippen molar-refractivity contribution in [2.45, 2.75) is 5.33 Å². The molecule has 10 heavy (non-hydrogen) atoms. The molecule has 1 rings (SSSR count). The van der Waals surface area contributed by atoms with E-state index in [1.807, 2.05) is 0 Å². The Hall–Kier alpha value is -0.150. The van der Waals surface area contributed by atoms with Gasteiger partial charge in [-0.1, -0.05) is 15.9 Å². The van der Waals surface area contributed by atoms with Gasteiger partial charge in [0, 0.05) is 11.5 Å². The maximum atomic E-state index is 12.3. The Morgan fingerprint density at radius 1 is 1.50 bits per heavy atom. The molecule has 0 saturated carbocycles. The Morgan fingerprint density at radius 2 is 2.20 bits per heavy atom. The first-order valence-corrected chi connectivity index (χ1v) is 3.60. The van der Waals surface area contributed by atoms with E-state index in [2.05, 4.69) is 20.9 Å². The van der Waals surface area contributed by atoms with Crippen molar-refractivity contribution in [2.75, 3.05) is 0 Å². The number of hydrogen-bond donors (Lipinski definition) is 0. The van der Waals surface area contributed by atoms with Crippen LogP contribution in [0.3, 0.4) is 0 Å². The molecule has 1 nitrogen and oxygen atoms in total. The van der Waals surface area contributed by atoms with Crippen LogP contribution in [0.5, 0.6) is 0 Å². The van der Waals surface area contributed by atoms with Gasteiger partial charge in [0.2, 0.25) is 0 Å². The van der Waals surface area contributed by atoms with Crippen molar-refractivity contribution < 1.29 is 4.39 Å². The fraction of sp³-hybridized carbons (Fsp3) is 0.167. The van der Waals surface area contributed by atoms with Gasteiger partial charge in [0.05, 0.1) is 6.20 Å². The molecular formula is C6H6BrClFN. The van der Waals surface area contributed by atoms with Crippen LogP contribution in [0.2, 0.25) is 0 Å². The molecule has 1 aromatic rings. The average molecular weight is 226 g/mol. The summed E-state index contributed by atoms with van der Waals surface area (Å²) in [5.41, 5.74) is 0.856. The largest absolute Gasteiger partial charge is 0.261 e. The molecule has 0 radical (unpaired) electrons. The number of pyridine rings is 1. The molecule has 4 heteroatoms. The van der Waals surface area contributed by atoms with E-state index in [1.165, 1.54) is 12.3 Å². The van der Waals surface area contributed by atoms with Gasteiger partial charge in [-0.2, -0.15) is 0 Å². The summed E-state index contributed by atoms with van der Waals surface area (Å²) in [6.07, 6.45) is 2.81. The fourth-order valence-electron chi connectivity index (χ4n) is 0.529. The molecule has 0 bridgehead atoms. The summed E-state index contributed by atoms with van der Waals surface area (Å²) in [4.78, 5) is 3.65. The van der Waals surface area contributed by atoms with Gasteiger partial charge in [0.1, 0.15) is 5.82 Å². The van der Waals surface area contributed by atoms with Crippen molar-refractivity contribution in [3.05, 3.63) is 29.8 Å². The number of halogens is 3. The lowest BCUT2D eigenvalue weighted by atomic mass is 10.3. The number of nitrogens with zero attached hydrogens (tertiary/aromatic N) is 1. The van der Waals surface area contributed by atoms with Crippen LogP contribution >= 0.6 is 28.3 Å². The van der Waals surface area contributed by atoms with Gasteiger partial charge in [-0.05, 0) is 11.6 Å². The smallest absolute Gasteiger partial charge is 0.141 e. The normalized spacial score (nSPS) is 8.60. The minimum absolute atomic E-state index is 0. The van der Waals surface area contributed by atoms with E-state index in [0.717, 1.165) is 5.56 Å². The molecule has 0 amide bonds. The average Bonchev–Trinajstić information content (AvgIpc) is 1.88. The van der Waals surface area contributed by atoms with Crippen molar-refractivity contribution in [1.29, 1.82) is 0 Å². The molecule has 0 aromatic carbocycles. The van der Waals surface area contributed by atoms with Crippen molar-refractivity contribution in [3.63, 3.8) is 0 Å². The Labute approximate surface area is 73.2 Å². The Morgan fingerprint density at radius 3 is 2.60 bits per heavy atom. The van der Waals surface area contributed by atoms with Gasteiger partial charge < -0.3 is 0 Å². The van der Waals surface area contributed by atoms with Crippen LogP contribution in [-0.4, -0.2) is 4.98 Å². The molecule has 0 spiro atoms. The molecule has 0 saturated heterocycles. The summed E-state index contributed by atoms with van der Waals surface area (Å²) < 4.78 is 12.3. The van der Waals surface area contributed by atoms with E-state index in [0.29, 0.717) is 5.33 Å². The first-order valence-electron chi connectivity index (χ1n) is 2.48. The van der Waals surface area contributed by atoms with Crippen LogP contribution in [0.1, 0.15) is 5.56 Å². The topological polar surface area (TPSA) is 12.9 Å². The van der Waals surface area contributed by atoms with E-state index in [4.69, 9.17) is 0 Å². The van der Waals surface area contributed by atoms with Crippen molar-refractivity contribution in [3.8, 4) is 0 Å². The number of rotatable bonds is 1. The van der Waals surface area contributed by atoms with E-state index < -0.39 is 0 Å². The van der Waals surface area contributed by atoms with E-state index in [1.54, 1.807) is 6.20 Å². The minimum atomic E-state index is -0.285. The Kier molecular flexibility index (Phi) is 4.56. The van der Waals surface area contributed by atoms with Crippen LogP contribution in [0.25, 0.3) is 0 Å². The van der Waals surface area contributed by atoms with Gasteiger partial charge in [0.25, 0.3) is 0 Å². The van der Waals surface area contributed by atoms with Crippen molar-refractivity contribution in [2.24, 2.45) is 0 Å². The summed E-state index contributed by atoms with van der Waals surface area (Å²) in [7, 11) is 0. The monoisotopic (exact) mass is 225 g/mol. The fourth-order valence-corrected chi connectivity index (χ4v) is 0.836. The predicted molar refractivity (Wildman–Crippen MR) is 44.1 cm³/mol. The number of aromatic nitrogens is 1. The highest BCUT2D eigenvalue weighted by Crippen LogP contribution is 2.04. The molecule has 0 N–H and O–H groups in total. The first-order chi connectivity index (χ1) is 4.33. The molecule has 1 aromatic heterocycles. The third kappa shape index (κ3) is 2.62. The van der Waals surface area contributed by atoms with Crippen LogP contribution in [0, 0.1) is 5.82 Å². The van der Waals surface area contributed by atoms with Crippen LogP contribution in [0.15, 0.2) is 18.5 Å². The highest BCUT2D eigenvalue weighted by atomic mass is 79.9. The third-order valence-corrected chi connectivity index (χ3v) is 1.56. The maximum absolute atomic E-state index is 12.3. The minimum Gasteiger partial charge on any atom is -0.261 e. The lowest BCUT2D eigenvalue weighted by Crippen LogP contribution is -1.81. The summed E-state index contributed by atoms with van der Waals surface area (Å²) in [6.45, 7) is 0. The summed E-state index contributed by atoms with van der Waals surface area (Å²) >= 11 is 3.18. The Balaban J connectivity index is 0.000000810. The molecule has 0 fully saturated rings. The van der Waals surface area contributed by atoms with Gasteiger partial charge in [0.15, 0.2) is 0 Å². The molecular weight excluding hydrogens is 220 g/mol. The summed E-state index contributed by atoms with van der Waals surface area (Å²) in [6, 6.07) is 1.45. The molecule has 0 aliphatic rings. The highest BCUT2D eigenvalue weighted by molar-refractivity contribution is 9.08. The third-order valence-electron chi connectivity index (χ3n) is 0.916.